The molecule has 1 atom stereocenters. The van der Waals surface area contributed by atoms with E-state index < -0.39 is 5.76 Å². The average molecular weight is 346 g/mol. The number of oxazole rings is 1. The highest BCUT2D eigenvalue weighted by Gasteiger charge is 2.11. The normalized spacial score (nSPS) is 12.2. The summed E-state index contributed by atoms with van der Waals surface area (Å²) in [5, 5.41) is 8.46. The SMILES string of the molecule is CC(CNC(=O)NCCn1c(=O)oc2ccccc21)c1nccs1. The van der Waals surface area contributed by atoms with E-state index in [-0.39, 0.29) is 11.9 Å². The summed E-state index contributed by atoms with van der Waals surface area (Å²) in [6.07, 6.45) is 1.75. The van der Waals surface area contributed by atoms with E-state index in [1.807, 2.05) is 30.5 Å². The van der Waals surface area contributed by atoms with Crippen LogP contribution in [0, 0.1) is 0 Å². The minimum Gasteiger partial charge on any atom is -0.408 e. The first-order chi connectivity index (χ1) is 11.6. The summed E-state index contributed by atoms with van der Waals surface area (Å²) < 4.78 is 6.66. The maximum Gasteiger partial charge on any atom is 0.420 e. The van der Waals surface area contributed by atoms with E-state index in [1.54, 1.807) is 23.6 Å². The third-order valence-electron chi connectivity index (χ3n) is 3.64. The van der Waals surface area contributed by atoms with Crippen LogP contribution >= 0.6 is 11.3 Å². The van der Waals surface area contributed by atoms with Crippen molar-refractivity contribution < 1.29 is 9.21 Å². The summed E-state index contributed by atoms with van der Waals surface area (Å²) in [6.45, 7) is 3.20. The number of fused-ring (bicyclic) bond motifs is 1. The number of aromatic nitrogens is 2. The summed E-state index contributed by atoms with van der Waals surface area (Å²) in [7, 11) is 0. The molecule has 1 aromatic carbocycles. The Balaban J connectivity index is 1.48. The quantitative estimate of drug-likeness (QED) is 0.716. The van der Waals surface area contributed by atoms with Gasteiger partial charge < -0.3 is 15.1 Å². The molecule has 8 heteroatoms. The van der Waals surface area contributed by atoms with E-state index >= 15 is 0 Å². The molecule has 0 aliphatic carbocycles. The van der Waals surface area contributed by atoms with Gasteiger partial charge in [0.05, 0.1) is 10.5 Å². The Morgan fingerprint density at radius 2 is 2.21 bits per heavy atom. The molecule has 0 aliphatic heterocycles. The van der Waals surface area contributed by atoms with Crippen LogP contribution in [0.1, 0.15) is 17.8 Å². The standard InChI is InChI=1S/C16H18N4O3S/c1-11(14-17-7-9-24-14)10-19-15(21)18-6-8-20-12-4-2-3-5-13(12)23-16(20)22/h2-5,7,9,11H,6,8,10H2,1H3,(H2,18,19,21). The van der Waals surface area contributed by atoms with E-state index in [2.05, 4.69) is 15.6 Å². The van der Waals surface area contributed by atoms with E-state index in [0.29, 0.717) is 25.2 Å². The maximum absolute atomic E-state index is 11.8. The van der Waals surface area contributed by atoms with Crippen LogP contribution in [0.5, 0.6) is 0 Å². The van der Waals surface area contributed by atoms with Gasteiger partial charge in [0.15, 0.2) is 5.58 Å². The van der Waals surface area contributed by atoms with Crippen molar-refractivity contribution in [2.24, 2.45) is 0 Å². The van der Waals surface area contributed by atoms with Crippen molar-refractivity contribution in [2.45, 2.75) is 19.4 Å². The van der Waals surface area contributed by atoms with Crippen molar-refractivity contribution in [1.29, 1.82) is 0 Å². The number of para-hydroxylation sites is 2. The number of amides is 2. The first-order valence-corrected chi connectivity index (χ1v) is 8.52. The van der Waals surface area contributed by atoms with Crippen LogP contribution in [0.4, 0.5) is 4.79 Å². The van der Waals surface area contributed by atoms with E-state index in [9.17, 15) is 9.59 Å². The van der Waals surface area contributed by atoms with Crippen molar-refractivity contribution in [3.05, 3.63) is 51.4 Å². The van der Waals surface area contributed by atoms with Gasteiger partial charge in [-0.15, -0.1) is 11.3 Å². The van der Waals surface area contributed by atoms with Crippen molar-refractivity contribution in [3.63, 3.8) is 0 Å². The third kappa shape index (κ3) is 3.65. The molecule has 3 rings (SSSR count). The number of nitrogens with zero attached hydrogens (tertiary/aromatic N) is 2. The van der Waals surface area contributed by atoms with Crippen molar-refractivity contribution >= 4 is 28.5 Å². The van der Waals surface area contributed by atoms with Gasteiger partial charge in [-0.2, -0.15) is 0 Å². The van der Waals surface area contributed by atoms with Gasteiger partial charge in [-0.05, 0) is 12.1 Å². The molecule has 24 heavy (non-hydrogen) atoms. The van der Waals surface area contributed by atoms with Gasteiger partial charge in [0, 0.05) is 37.1 Å². The van der Waals surface area contributed by atoms with E-state index in [1.165, 1.54) is 4.57 Å². The molecule has 0 aliphatic rings. The Bertz CT molecular complexity index is 869. The summed E-state index contributed by atoms with van der Waals surface area (Å²) in [5.41, 5.74) is 1.27. The first-order valence-electron chi connectivity index (χ1n) is 7.64. The second kappa shape index (κ2) is 7.31. The molecule has 0 spiro atoms. The van der Waals surface area contributed by atoms with E-state index in [4.69, 9.17) is 4.42 Å². The zero-order chi connectivity index (χ0) is 16.9. The zero-order valence-electron chi connectivity index (χ0n) is 13.2. The molecule has 1 unspecified atom stereocenters. The number of hydrogen-bond donors (Lipinski definition) is 2. The van der Waals surface area contributed by atoms with Crippen LogP contribution in [0.25, 0.3) is 11.1 Å². The minimum absolute atomic E-state index is 0.163. The lowest BCUT2D eigenvalue weighted by atomic mass is 10.2. The Morgan fingerprint density at radius 3 is 3.00 bits per heavy atom. The number of carbonyl (C=O) groups excluding carboxylic acids is 1. The average Bonchev–Trinajstić information content (AvgIpc) is 3.21. The Labute approximate surface area is 142 Å². The Kier molecular flexibility index (Phi) is 4.95. The molecule has 2 heterocycles. The molecule has 2 N–H and O–H groups in total. The smallest absolute Gasteiger partial charge is 0.408 e. The van der Waals surface area contributed by atoms with Crippen molar-refractivity contribution in [2.75, 3.05) is 13.1 Å². The predicted octanol–water partition coefficient (Wildman–Crippen LogP) is 2.15. The largest absolute Gasteiger partial charge is 0.420 e. The topological polar surface area (TPSA) is 89.2 Å². The van der Waals surface area contributed by atoms with Gasteiger partial charge in [-0.3, -0.25) is 4.57 Å². The molecular formula is C16H18N4O3S. The minimum atomic E-state index is -0.421. The first kappa shape index (κ1) is 16.3. The lowest BCUT2D eigenvalue weighted by molar-refractivity contribution is 0.240. The van der Waals surface area contributed by atoms with Crippen molar-refractivity contribution in [1.82, 2.24) is 20.2 Å². The van der Waals surface area contributed by atoms with Gasteiger partial charge >= 0.3 is 11.8 Å². The fraction of sp³-hybridized carbons (Fsp3) is 0.312. The number of rotatable bonds is 6. The second-order valence-electron chi connectivity index (χ2n) is 5.40. The fourth-order valence-electron chi connectivity index (χ4n) is 2.38. The van der Waals surface area contributed by atoms with Gasteiger partial charge in [0.2, 0.25) is 0 Å². The highest BCUT2D eigenvalue weighted by atomic mass is 32.1. The highest BCUT2D eigenvalue weighted by molar-refractivity contribution is 7.09. The molecule has 2 aromatic heterocycles. The third-order valence-corrected chi connectivity index (χ3v) is 4.64. The van der Waals surface area contributed by atoms with Crippen LogP contribution in [-0.4, -0.2) is 28.7 Å². The van der Waals surface area contributed by atoms with Gasteiger partial charge in [-0.1, -0.05) is 19.1 Å². The molecular weight excluding hydrogens is 328 g/mol. The Morgan fingerprint density at radius 1 is 1.38 bits per heavy atom. The number of benzene rings is 1. The molecule has 0 saturated heterocycles. The predicted molar refractivity (Wildman–Crippen MR) is 92.4 cm³/mol. The molecule has 0 bridgehead atoms. The summed E-state index contributed by atoms with van der Waals surface area (Å²) in [5.74, 6) is -0.257. The molecule has 0 fully saturated rings. The van der Waals surface area contributed by atoms with Gasteiger partial charge in [0.1, 0.15) is 0 Å². The Hall–Kier alpha value is -2.61. The number of nitrogens with one attached hydrogen (secondary N) is 2. The number of urea groups is 1. The molecule has 0 radical (unpaired) electrons. The van der Waals surface area contributed by atoms with Crippen LogP contribution in [0.15, 0.2) is 45.1 Å². The van der Waals surface area contributed by atoms with Crippen LogP contribution in [0.2, 0.25) is 0 Å². The molecule has 7 nitrogen and oxygen atoms in total. The zero-order valence-corrected chi connectivity index (χ0v) is 14.0. The lowest BCUT2D eigenvalue weighted by Crippen LogP contribution is -2.39. The van der Waals surface area contributed by atoms with Crippen LogP contribution in [0.3, 0.4) is 0 Å². The molecule has 2 amide bonds. The maximum atomic E-state index is 11.8. The number of thiazole rings is 1. The monoisotopic (exact) mass is 346 g/mol. The van der Waals surface area contributed by atoms with Crippen molar-refractivity contribution in [3.8, 4) is 0 Å². The van der Waals surface area contributed by atoms with Gasteiger partial charge in [0.25, 0.3) is 0 Å². The summed E-state index contributed by atoms with van der Waals surface area (Å²) in [6, 6.07) is 6.95. The summed E-state index contributed by atoms with van der Waals surface area (Å²) >= 11 is 1.57. The molecule has 3 aromatic rings. The lowest BCUT2D eigenvalue weighted by Gasteiger charge is -2.11. The molecule has 0 saturated carbocycles. The van der Waals surface area contributed by atoms with Gasteiger partial charge in [-0.25, -0.2) is 14.6 Å². The number of hydrogen-bond acceptors (Lipinski definition) is 5. The highest BCUT2D eigenvalue weighted by Crippen LogP contribution is 2.16. The van der Waals surface area contributed by atoms with Crippen LogP contribution in [-0.2, 0) is 6.54 Å². The van der Waals surface area contributed by atoms with Crippen LogP contribution < -0.4 is 16.4 Å². The van der Waals surface area contributed by atoms with E-state index in [0.717, 1.165) is 10.5 Å². The molecule has 126 valence electrons. The fourth-order valence-corrected chi connectivity index (χ4v) is 3.08. The number of carbonyl (C=O) groups is 1. The summed E-state index contributed by atoms with van der Waals surface area (Å²) in [4.78, 5) is 27.9. The second-order valence-corrected chi connectivity index (χ2v) is 6.32.